The fourth-order valence-corrected chi connectivity index (χ4v) is 1.57. The summed E-state index contributed by atoms with van der Waals surface area (Å²) in [5.74, 6) is 0. The van der Waals surface area contributed by atoms with Crippen molar-refractivity contribution in [1.82, 2.24) is 20.0 Å². The maximum absolute atomic E-state index is 5.88. The maximum Gasteiger partial charge on any atom is 0.154 e. The molecule has 2 aromatic heterocycles. The molecule has 15 heavy (non-hydrogen) atoms. The fourth-order valence-electron chi connectivity index (χ4n) is 1.39. The van der Waals surface area contributed by atoms with Crippen LogP contribution in [0.15, 0.2) is 12.4 Å². The number of aryl methyl sites for hydroxylation is 1. The van der Waals surface area contributed by atoms with Crippen molar-refractivity contribution in [2.75, 3.05) is 0 Å². The van der Waals surface area contributed by atoms with Gasteiger partial charge in [-0.1, -0.05) is 11.6 Å². The van der Waals surface area contributed by atoms with E-state index in [0.29, 0.717) is 5.15 Å². The van der Waals surface area contributed by atoms with Crippen LogP contribution in [0.3, 0.4) is 0 Å². The molecule has 0 aliphatic heterocycles. The molecule has 0 amide bonds. The Morgan fingerprint density at radius 1 is 1.20 bits per heavy atom. The van der Waals surface area contributed by atoms with E-state index in [1.54, 1.807) is 10.9 Å². The van der Waals surface area contributed by atoms with Gasteiger partial charge >= 0.3 is 0 Å². The average Bonchev–Trinajstić information content (AvgIpc) is 2.61. The molecule has 0 aliphatic rings. The first-order chi connectivity index (χ1) is 7.09. The van der Waals surface area contributed by atoms with Crippen molar-refractivity contribution in [2.45, 2.75) is 13.8 Å². The summed E-state index contributed by atoms with van der Waals surface area (Å²) in [6.45, 7) is 3.92. The predicted octanol–water partition coefficient (Wildman–Crippen LogP) is 2.15. The van der Waals surface area contributed by atoms with Gasteiger partial charge < -0.3 is 0 Å². The Morgan fingerprint density at radius 3 is 2.53 bits per heavy atom. The van der Waals surface area contributed by atoms with E-state index in [4.69, 9.17) is 11.6 Å². The molecule has 0 saturated carbocycles. The zero-order chi connectivity index (χ0) is 11.0. The summed E-state index contributed by atoms with van der Waals surface area (Å²) in [6.07, 6.45) is 3.68. The lowest BCUT2D eigenvalue weighted by Crippen LogP contribution is -1.95. The highest BCUT2D eigenvalue weighted by molar-refractivity contribution is 6.30. The third-order valence-corrected chi connectivity index (χ3v) is 2.80. The minimum Gasteiger partial charge on any atom is -0.275 e. The van der Waals surface area contributed by atoms with Crippen LogP contribution >= 0.6 is 11.6 Å². The van der Waals surface area contributed by atoms with Gasteiger partial charge in [-0.25, -0.2) is 0 Å². The summed E-state index contributed by atoms with van der Waals surface area (Å²) >= 11 is 5.88. The molecule has 2 aromatic rings. The van der Waals surface area contributed by atoms with Crippen molar-refractivity contribution in [3.05, 3.63) is 28.7 Å². The van der Waals surface area contributed by atoms with Gasteiger partial charge in [0.05, 0.1) is 11.9 Å². The molecule has 0 unspecified atom stereocenters. The van der Waals surface area contributed by atoms with Crippen LogP contribution in [0.5, 0.6) is 0 Å². The van der Waals surface area contributed by atoms with E-state index in [9.17, 15) is 0 Å². The van der Waals surface area contributed by atoms with Gasteiger partial charge in [0.2, 0.25) is 0 Å². The molecule has 0 bridgehead atoms. The van der Waals surface area contributed by atoms with Gasteiger partial charge in [-0.2, -0.15) is 5.10 Å². The number of nitrogens with zero attached hydrogens (tertiary/aromatic N) is 4. The van der Waals surface area contributed by atoms with Crippen LogP contribution in [-0.2, 0) is 7.05 Å². The quantitative estimate of drug-likeness (QED) is 0.743. The number of aromatic nitrogens is 4. The van der Waals surface area contributed by atoms with E-state index in [2.05, 4.69) is 15.3 Å². The third-order valence-electron chi connectivity index (χ3n) is 2.44. The van der Waals surface area contributed by atoms with Crippen LogP contribution in [0.1, 0.15) is 11.1 Å². The third kappa shape index (κ3) is 1.72. The molecule has 0 saturated heterocycles. The van der Waals surface area contributed by atoms with Crippen LogP contribution in [0, 0.1) is 13.8 Å². The predicted molar refractivity (Wildman–Crippen MR) is 58.7 cm³/mol. The summed E-state index contributed by atoms with van der Waals surface area (Å²) in [4.78, 5) is 0. The smallest absolute Gasteiger partial charge is 0.154 e. The van der Waals surface area contributed by atoms with Crippen LogP contribution in [0.25, 0.3) is 11.3 Å². The summed E-state index contributed by atoms with van der Waals surface area (Å²) in [6, 6.07) is 0. The molecular weight excluding hydrogens is 212 g/mol. The maximum atomic E-state index is 5.88. The number of halogens is 1. The van der Waals surface area contributed by atoms with Crippen molar-refractivity contribution in [3.8, 4) is 11.3 Å². The Bertz CT molecular complexity index is 504. The largest absolute Gasteiger partial charge is 0.275 e. The Kier molecular flexibility index (Phi) is 2.44. The highest BCUT2D eigenvalue weighted by atomic mass is 35.5. The van der Waals surface area contributed by atoms with Crippen molar-refractivity contribution >= 4 is 11.6 Å². The van der Waals surface area contributed by atoms with Crippen LogP contribution in [-0.4, -0.2) is 20.0 Å². The second-order valence-corrected chi connectivity index (χ2v) is 3.85. The Balaban J connectivity index is 2.59. The summed E-state index contributed by atoms with van der Waals surface area (Å²) in [7, 11) is 1.87. The van der Waals surface area contributed by atoms with Gasteiger partial charge in [-0.05, 0) is 25.0 Å². The van der Waals surface area contributed by atoms with Gasteiger partial charge in [0.1, 0.15) is 0 Å². The van der Waals surface area contributed by atoms with Gasteiger partial charge in [0.25, 0.3) is 0 Å². The summed E-state index contributed by atoms with van der Waals surface area (Å²) < 4.78 is 1.74. The highest BCUT2D eigenvalue weighted by Crippen LogP contribution is 2.24. The molecule has 0 aromatic carbocycles. The SMILES string of the molecule is Cc1c(Cl)nnc(-c2cnn(C)c2)c1C. The molecule has 2 rings (SSSR count). The van der Waals surface area contributed by atoms with Gasteiger partial charge in [-0.15, -0.1) is 10.2 Å². The fraction of sp³-hybridized carbons (Fsp3) is 0.300. The number of hydrogen-bond donors (Lipinski definition) is 0. The molecule has 0 radical (unpaired) electrons. The van der Waals surface area contributed by atoms with E-state index in [0.717, 1.165) is 22.4 Å². The lowest BCUT2D eigenvalue weighted by Gasteiger charge is -2.05. The monoisotopic (exact) mass is 222 g/mol. The topological polar surface area (TPSA) is 43.6 Å². The zero-order valence-corrected chi connectivity index (χ0v) is 9.58. The van der Waals surface area contributed by atoms with Crippen LogP contribution in [0.2, 0.25) is 5.15 Å². The Morgan fingerprint density at radius 2 is 1.93 bits per heavy atom. The van der Waals surface area contributed by atoms with E-state index >= 15 is 0 Å². The van der Waals surface area contributed by atoms with E-state index in [1.165, 1.54) is 0 Å². The Hall–Kier alpha value is -1.42. The molecule has 0 fully saturated rings. The standard InChI is InChI=1S/C10H11ClN4/c1-6-7(2)10(11)14-13-9(6)8-4-12-15(3)5-8/h4-5H,1-3H3. The minimum absolute atomic E-state index is 0.458. The first-order valence-corrected chi connectivity index (χ1v) is 4.96. The van der Waals surface area contributed by atoms with Crippen molar-refractivity contribution in [3.63, 3.8) is 0 Å². The van der Waals surface area contributed by atoms with Gasteiger partial charge in [0, 0.05) is 18.8 Å². The second-order valence-electron chi connectivity index (χ2n) is 3.49. The van der Waals surface area contributed by atoms with Gasteiger partial charge in [0.15, 0.2) is 5.15 Å². The van der Waals surface area contributed by atoms with Crippen molar-refractivity contribution < 1.29 is 0 Å². The molecule has 4 nitrogen and oxygen atoms in total. The van der Waals surface area contributed by atoms with Crippen molar-refractivity contribution in [2.24, 2.45) is 7.05 Å². The first kappa shape index (κ1) is 10.1. The normalized spacial score (nSPS) is 10.7. The number of rotatable bonds is 1. The van der Waals surface area contributed by atoms with Crippen LogP contribution in [0.4, 0.5) is 0 Å². The molecular formula is C10H11ClN4. The molecule has 2 heterocycles. The summed E-state index contributed by atoms with van der Waals surface area (Å²) in [5, 5.41) is 12.6. The van der Waals surface area contributed by atoms with E-state index < -0.39 is 0 Å². The molecule has 0 aliphatic carbocycles. The lowest BCUT2D eigenvalue weighted by atomic mass is 10.1. The second kappa shape index (κ2) is 3.62. The minimum atomic E-state index is 0.458. The molecule has 78 valence electrons. The summed E-state index contributed by atoms with van der Waals surface area (Å²) in [5.41, 5.74) is 3.81. The highest BCUT2D eigenvalue weighted by Gasteiger charge is 2.10. The van der Waals surface area contributed by atoms with Crippen LogP contribution < -0.4 is 0 Å². The van der Waals surface area contributed by atoms with Crippen molar-refractivity contribution in [1.29, 1.82) is 0 Å². The van der Waals surface area contributed by atoms with E-state index in [1.807, 2.05) is 27.1 Å². The molecule has 0 N–H and O–H groups in total. The average molecular weight is 223 g/mol. The zero-order valence-electron chi connectivity index (χ0n) is 8.82. The van der Waals surface area contributed by atoms with Gasteiger partial charge in [-0.3, -0.25) is 4.68 Å². The Labute approximate surface area is 92.9 Å². The number of hydrogen-bond acceptors (Lipinski definition) is 3. The van der Waals surface area contributed by atoms with E-state index in [-0.39, 0.29) is 0 Å². The molecule has 0 atom stereocenters. The first-order valence-electron chi connectivity index (χ1n) is 4.58. The lowest BCUT2D eigenvalue weighted by molar-refractivity contribution is 0.768. The molecule has 5 heteroatoms. The molecule has 0 spiro atoms.